The molecule has 0 unspecified atom stereocenters. The summed E-state index contributed by atoms with van der Waals surface area (Å²) in [4.78, 5) is 0. The molecule has 0 aliphatic rings. The maximum atomic E-state index is 5.95. The molecule has 1 nitrogen and oxygen atoms in total. The van der Waals surface area contributed by atoms with Crippen LogP contribution in [0.4, 0.5) is 0 Å². The molecule has 1 heteroatoms. The average Bonchev–Trinajstić information content (AvgIpc) is 2.98. The molecule has 0 atom stereocenters. The normalized spacial score (nSPS) is 11.7. The molecule has 3 aromatic carbocycles. The second-order valence-corrected chi connectivity index (χ2v) is 5.54. The SMILES string of the molecule is Cc1ccccc1/C=C\c1cc2c(ccc3ccccc32)o1. The summed E-state index contributed by atoms with van der Waals surface area (Å²) in [7, 11) is 0. The quantitative estimate of drug-likeness (QED) is 0.435. The molecule has 4 rings (SSSR count). The van der Waals surface area contributed by atoms with Gasteiger partial charge in [0.15, 0.2) is 0 Å². The summed E-state index contributed by atoms with van der Waals surface area (Å²) in [5.41, 5.74) is 3.41. The van der Waals surface area contributed by atoms with Crippen molar-refractivity contribution in [3.8, 4) is 0 Å². The topological polar surface area (TPSA) is 13.1 Å². The van der Waals surface area contributed by atoms with E-state index < -0.39 is 0 Å². The summed E-state index contributed by atoms with van der Waals surface area (Å²) in [5.74, 6) is 0.884. The van der Waals surface area contributed by atoms with Crippen molar-refractivity contribution in [1.82, 2.24) is 0 Å². The van der Waals surface area contributed by atoms with Crippen LogP contribution in [0.3, 0.4) is 0 Å². The fraction of sp³-hybridized carbons (Fsp3) is 0.0476. The highest BCUT2D eigenvalue weighted by molar-refractivity contribution is 6.06. The van der Waals surface area contributed by atoms with E-state index in [9.17, 15) is 0 Å². The zero-order valence-electron chi connectivity index (χ0n) is 12.4. The number of aryl methyl sites for hydroxylation is 1. The second-order valence-electron chi connectivity index (χ2n) is 5.54. The molecule has 0 saturated heterocycles. The van der Waals surface area contributed by atoms with E-state index in [1.165, 1.54) is 27.3 Å². The van der Waals surface area contributed by atoms with E-state index in [4.69, 9.17) is 4.42 Å². The lowest BCUT2D eigenvalue weighted by Gasteiger charge is -1.97. The van der Waals surface area contributed by atoms with Crippen molar-refractivity contribution < 1.29 is 4.42 Å². The first-order chi connectivity index (χ1) is 10.8. The number of hydrogen-bond donors (Lipinski definition) is 0. The summed E-state index contributed by atoms with van der Waals surface area (Å²) in [6.07, 6.45) is 4.15. The first-order valence-electron chi connectivity index (χ1n) is 7.46. The van der Waals surface area contributed by atoms with Gasteiger partial charge < -0.3 is 4.42 Å². The van der Waals surface area contributed by atoms with Gasteiger partial charge in [0.2, 0.25) is 0 Å². The molecular formula is C21H16O. The van der Waals surface area contributed by atoms with Crippen LogP contribution in [0.5, 0.6) is 0 Å². The Morgan fingerprint density at radius 2 is 1.59 bits per heavy atom. The number of rotatable bonds is 2. The zero-order chi connectivity index (χ0) is 14.9. The third-order valence-electron chi connectivity index (χ3n) is 4.06. The highest BCUT2D eigenvalue weighted by atomic mass is 16.3. The molecule has 106 valence electrons. The first kappa shape index (κ1) is 12.9. The van der Waals surface area contributed by atoms with E-state index in [1.54, 1.807) is 0 Å². The molecule has 0 aliphatic heterocycles. The summed E-state index contributed by atoms with van der Waals surface area (Å²) in [6.45, 7) is 2.12. The fourth-order valence-electron chi connectivity index (χ4n) is 2.84. The van der Waals surface area contributed by atoms with Gasteiger partial charge in [-0.15, -0.1) is 0 Å². The van der Waals surface area contributed by atoms with Crippen molar-refractivity contribution in [2.24, 2.45) is 0 Å². The van der Waals surface area contributed by atoms with Crippen molar-refractivity contribution in [2.45, 2.75) is 6.92 Å². The minimum atomic E-state index is 0.884. The molecule has 0 spiro atoms. The molecule has 0 bridgehead atoms. The third-order valence-corrected chi connectivity index (χ3v) is 4.06. The van der Waals surface area contributed by atoms with E-state index in [2.05, 4.69) is 73.7 Å². The van der Waals surface area contributed by atoms with E-state index in [0.717, 1.165) is 11.3 Å². The highest BCUT2D eigenvalue weighted by Gasteiger charge is 2.05. The first-order valence-corrected chi connectivity index (χ1v) is 7.46. The van der Waals surface area contributed by atoms with Crippen LogP contribution in [0.15, 0.2) is 71.1 Å². The Balaban J connectivity index is 1.80. The molecule has 0 saturated carbocycles. The predicted octanol–water partition coefficient (Wildman–Crippen LogP) is 6.06. The molecule has 1 heterocycles. The van der Waals surface area contributed by atoms with Crippen LogP contribution >= 0.6 is 0 Å². The Hall–Kier alpha value is -2.80. The molecular weight excluding hydrogens is 268 g/mol. The van der Waals surface area contributed by atoms with Gasteiger partial charge in [-0.05, 0) is 47.0 Å². The monoisotopic (exact) mass is 284 g/mol. The van der Waals surface area contributed by atoms with Crippen molar-refractivity contribution in [1.29, 1.82) is 0 Å². The van der Waals surface area contributed by atoms with Crippen molar-refractivity contribution in [3.05, 3.63) is 83.6 Å². The van der Waals surface area contributed by atoms with Gasteiger partial charge in [0.25, 0.3) is 0 Å². The van der Waals surface area contributed by atoms with Gasteiger partial charge in [-0.25, -0.2) is 0 Å². The van der Waals surface area contributed by atoms with Gasteiger partial charge in [0.1, 0.15) is 11.3 Å². The van der Waals surface area contributed by atoms with Crippen LogP contribution in [0.2, 0.25) is 0 Å². The largest absolute Gasteiger partial charge is 0.457 e. The summed E-state index contributed by atoms with van der Waals surface area (Å²) in [5, 5.41) is 3.65. The van der Waals surface area contributed by atoms with Gasteiger partial charge in [-0.2, -0.15) is 0 Å². The Bertz CT molecular complexity index is 989. The Labute approximate surface area is 129 Å². The number of furan rings is 1. The minimum absolute atomic E-state index is 0.884. The zero-order valence-corrected chi connectivity index (χ0v) is 12.4. The van der Waals surface area contributed by atoms with Gasteiger partial charge in [-0.1, -0.05) is 60.7 Å². The molecule has 22 heavy (non-hydrogen) atoms. The number of hydrogen-bond acceptors (Lipinski definition) is 1. The summed E-state index contributed by atoms with van der Waals surface area (Å²) >= 11 is 0. The van der Waals surface area contributed by atoms with E-state index in [0.29, 0.717) is 0 Å². The lowest BCUT2D eigenvalue weighted by atomic mass is 10.1. The maximum Gasteiger partial charge on any atom is 0.135 e. The lowest BCUT2D eigenvalue weighted by Crippen LogP contribution is -1.77. The molecule has 0 aliphatic carbocycles. The van der Waals surface area contributed by atoms with E-state index in [-0.39, 0.29) is 0 Å². The Morgan fingerprint density at radius 1 is 0.773 bits per heavy atom. The summed E-state index contributed by atoms with van der Waals surface area (Å²) in [6, 6.07) is 23.0. The molecule has 0 amide bonds. The van der Waals surface area contributed by atoms with Gasteiger partial charge >= 0.3 is 0 Å². The summed E-state index contributed by atoms with van der Waals surface area (Å²) < 4.78 is 5.95. The number of fused-ring (bicyclic) bond motifs is 3. The van der Waals surface area contributed by atoms with Crippen molar-refractivity contribution in [2.75, 3.05) is 0 Å². The Kier molecular flexibility index (Phi) is 3.05. The molecule has 1 aromatic heterocycles. The van der Waals surface area contributed by atoms with Gasteiger partial charge in [-0.3, -0.25) is 0 Å². The Morgan fingerprint density at radius 3 is 2.50 bits per heavy atom. The molecule has 4 aromatic rings. The molecule has 0 fully saturated rings. The van der Waals surface area contributed by atoms with E-state index >= 15 is 0 Å². The standard InChI is InChI=1S/C21H16O/c1-15-6-2-3-7-16(15)10-12-18-14-20-19-9-5-4-8-17(19)11-13-21(20)22-18/h2-14H,1H3/b12-10-. The van der Waals surface area contributed by atoms with Crippen LogP contribution in [-0.2, 0) is 0 Å². The van der Waals surface area contributed by atoms with Gasteiger partial charge in [0, 0.05) is 5.39 Å². The molecule has 0 radical (unpaired) electrons. The van der Waals surface area contributed by atoms with Crippen LogP contribution in [-0.4, -0.2) is 0 Å². The van der Waals surface area contributed by atoms with Crippen LogP contribution in [0, 0.1) is 6.92 Å². The number of benzene rings is 3. The van der Waals surface area contributed by atoms with Crippen molar-refractivity contribution in [3.63, 3.8) is 0 Å². The van der Waals surface area contributed by atoms with E-state index in [1.807, 2.05) is 12.1 Å². The van der Waals surface area contributed by atoms with Crippen molar-refractivity contribution >= 4 is 33.9 Å². The van der Waals surface area contributed by atoms with Gasteiger partial charge in [0.05, 0.1) is 0 Å². The highest BCUT2D eigenvalue weighted by Crippen LogP contribution is 2.28. The fourth-order valence-corrected chi connectivity index (χ4v) is 2.84. The second kappa shape index (κ2) is 5.19. The lowest BCUT2D eigenvalue weighted by molar-refractivity contribution is 0.605. The average molecular weight is 284 g/mol. The van der Waals surface area contributed by atoms with Crippen LogP contribution in [0.1, 0.15) is 16.9 Å². The maximum absolute atomic E-state index is 5.95. The smallest absolute Gasteiger partial charge is 0.135 e. The predicted molar refractivity (Wildman–Crippen MR) is 93.8 cm³/mol. The van der Waals surface area contributed by atoms with Crippen LogP contribution in [0.25, 0.3) is 33.9 Å². The van der Waals surface area contributed by atoms with Crippen LogP contribution < -0.4 is 0 Å². The minimum Gasteiger partial charge on any atom is -0.457 e. The third kappa shape index (κ3) is 2.21. The molecule has 0 N–H and O–H groups in total.